The van der Waals surface area contributed by atoms with Gasteiger partial charge in [0, 0.05) is 13.2 Å². The quantitative estimate of drug-likeness (QED) is 0.827. The van der Waals surface area contributed by atoms with Gasteiger partial charge in [-0.15, -0.1) is 0 Å². The van der Waals surface area contributed by atoms with Gasteiger partial charge in [-0.3, -0.25) is 4.79 Å². The van der Waals surface area contributed by atoms with E-state index in [1.807, 2.05) is 0 Å². The van der Waals surface area contributed by atoms with Gasteiger partial charge in [-0.2, -0.15) is 0 Å². The summed E-state index contributed by atoms with van der Waals surface area (Å²) < 4.78 is 18.4. The van der Waals surface area contributed by atoms with E-state index in [0.29, 0.717) is 13.0 Å². The van der Waals surface area contributed by atoms with Crippen molar-refractivity contribution in [2.45, 2.75) is 37.8 Å². The Morgan fingerprint density at radius 2 is 2.20 bits per heavy atom. The van der Waals surface area contributed by atoms with Gasteiger partial charge in [0.25, 0.3) is 0 Å². The second kappa shape index (κ2) is 6.33. The maximum Gasteiger partial charge on any atom is 0.237 e. The van der Waals surface area contributed by atoms with E-state index in [1.165, 1.54) is 12.1 Å². The van der Waals surface area contributed by atoms with Gasteiger partial charge < -0.3 is 15.8 Å². The molecule has 20 heavy (non-hydrogen) atoms. The Labute approximate surface area is 118 Å². The minimum Gasteiger partial charge on any atom is -0.377 e. The molecule has 2 unspecified atom stereocenters. The second-order valence-corrected chi connectivity index (χ2v) is 5.52. The largest absolute Gasteiger partial charge is 0.377 e. The highest BCUT2D eigenvalue weighted by Gasteiger charge is 2.32. The molecule has 3 N–H and O–H groups in total. The summed E-state index contributed by atoms with van der Waals surface area (Å²) in [5, 5.41) is 3.21. The zero-order valence-corrected chi connectivity index (χ0v) is 11.7. The van der Waals surface area contributed by atoms with Gasteiger partial charge in [0.15, 0.2) is 0 Å². The van der Waals surface area contributed by atoms with Crippen molar-refractivity contribution in [3.8, 4) is 0 Å². The maximum absolute atomic E-state index is 12.9. The molecule has 0 radical (unpaired) electrons. The average Bonchev–Trinajstić information content (AvgIpc) is 2.92. The van der Waals surface area contributed by atoms with Crippen molar-refractivity contribution in [2.75, 3.05) is 13.2 Å². The van der Waals surface area contributed by atoms with Crippen LogP contribution < -0.4 is 11.1 Å². The van der Waals surface area contributed by atoms with Gasteiger partial charge in [-0.05, 0) is 43.9 Å². The summed E-state index contributed by atoms with van der Waals surface area (Å²) in [6.07, 6.45) is 2.62. The molecule has 1 aliphatic heterocycles. The number of hydrogen-bond donors (Lipinski definition) is 2. The molecule has 2 atom stereocenters. The van der Waals surface area contributed by atoms with Gasteiger partial charge in [0.05, 0.1) is 11.6 Å². The topological polar surface area (TPSA) is 64.3 Å². The van der Waals surface area contributed by atoms with E-state index in [2.05, 4.69) is 5.32 Å². The molecule has 110 valence electrons. The maximum atomic E-state index is 12.9. The Hall–Kier alpha value is -1.46. The van der Waals surface area contributed by atoms with Crippen LogP contribution >= 0.6 is 0 Å². The molecular formula is C15H21FN2O2. The first-order valence-corrected chi connectivity index (χ1v) is 6.90. The lowest BCUT2D eigenvalue weighted by Crippen LogP contribution is -2.56. The molecule has 5 heteroatoms. The van der Waals surface area contributed by atoms with Crippen LogP contribution in [0, 0.1) is 5.82 Å². The molecule has 1 saturated heterocycles. The van der Waals surface area contributed by atoms with Gasteiger partial charge in [0.2, 0.25) is 5.91 Å². The lowest BCUT2D eigenvalue weighted by molar-refractivity contribution is -0.124. The van der Waals surface area contributed by atoms with Crippen LogP contribution in [0.4, 0.5) is 4.39 Å². The van der Waals surface area contributed by atoms with Crippen molar-refractivity contribution in [3.63, 3.8) is 0 Å². The van der Waals surface area contributed by atoms with Crippen LogP contribution in [0.2, 0.25) is 0 Å². The number of hydrogen-bond acceptors (Lipinski definition) is 3. The smallest absolute Gasteiger partial charge is 0.237 e. The van der Waals surface area contributed by atoms with Crippen LogP contribution in [0.3, 0.4) is 0 Å². The molecule has 1 fully saturated rings. The first-order valence-electron chi connectivity index (χ1n) is 6.90. The SMILES string of the molecule is CC(Cc1ccc(F)cc1)(NCC1CCCO1)C(N)=O. The summed E-state index contributed by atoms with van der Waals surface area (Å²) in [7, 11) is 0. The van der Waals surface area contributed by atoms with Crippen molar-refractivity contribution in [1.82, 2.24) is 5.32 Å². The highest BCUT2D eigenvalue weighted by molar-refractivity contribution is 5.84. The molecular weight excluding hydrogens is 259 g/mol. The zero-order chi connectivity index (χ0) is 14.6. The summed E-state index contributed by atoms with van der Waals surface area (Å²) >= 11 is 0. The van der Waals surface area contributed by atoms with Crippen LogP contribution in [-0.2, 0) is 16.0 Å². The van der Waals surface area contributed by atoms with E-state index in [-0.39, 0.29) is 11.9 Å². The van der Waals surface area contributed by atoms with E-state index in [1.54, 1.807) is 19.1 Å². The minimum absolute atomic E-state index is 0.141. The predicted octanol–water partition coefficient (Wildman–Crippen LogP) is 1.38. The van der Waals surface area contributed by atoms with Crippen molar-refractivity contribution < 1.29 is 13.9 Å². The van der Waals surface area contributed by atoms with Crippen LogP contribution in [0.15, 0.2) is 24.3 Å². The lowest BCUT2D eigenvalue weighted by atomic mass is 9.91. The number of benzene rings is 1. The first-order chi connectivity index (χ1) is 9.49. The molecule has 0 aliphatic carbocycles. The van der Waals surface area contributed by atoms with Gasteiger partial charge in [0.1, 0.15) is 5.82 Å². The Bertz CT molecular complexity index is 457. The fourth-order valence-corrected chi connectivity index (χ4v) is 2.39. The third kappa shape index (κ3) is 3.77. The molecule has 2 rings (SSSR count). The van der Waals surface area contributed by atoms with Crippen LogP contribution in [0.5, 0.6) is 0 Å². The number of nitrogens with two attached hydrogens (primary N) is 1. The second-order valence-electron chi connectivity index (χ2n) is 5.52. The molecule has 1 amide bonds. The number of primary amides is 1. The van der Waals surface area contributed by atoms with Crippen LogP contribution in [0.25, 0.3) is 0 Å². The van der Waals surface area contributed by atoms with E-state index in [9.17, 15) is 9.18 Å². The molecule has 1 heterocycles. The van der Waals surface area contributed by atoms with Crippen molar-refractivity contribution >= 4 is 5.91 Å². The molecule has 1 aliphatic rings. The Morgan fingerprint density at radius 3 is 2.75 bits per heavy atom. The Morgan fingerprint density at radius 1 is 1.50 bits per heavy atom. The number of halogens is 1. The van der Waals surface area contributed by atoms with E-state index >= 15 is 0 Å². The fraction of sp³-hybridized carbons (Fsp3) is 0.533. The normalized spacial score (nSPS) is 21.6. The van der Waals surface area contributed by atoms with Gasteiger partial charge >= 0.3 is 0 Å². The number of carbonyl (C=O) groups is 1. The fourth-order valence-electron chi connectivity index (χ4n) is 2.39. The first kappa shape index (κ1) is 14.9. The highest BCUT2D eigenvalue weighted by atomic mass is 19.1. The summed E-state index contributed by atoms with van der Waals surface area (Å²) in [5.41, 5.74) is 5.53. The molecule has 0 aromatic heterocycles. The molecule has 4 nitrogen and oxygen atoms in total. The summed E-state index contributed by atoms with van der Waals surface area (Å²) in [4.78, 5) is 11.7. The molecule has 0 bridgehead atoms. The molecule has 1 aromatic carbocycles. The third-order valence-corrected chi connectivity index (χ3v) is 3.76. The van der Waals surface area contributed by atoms with E-state index in [0.717, 1.165) is 25.0 Å². The van der Waals surface area contributed by atoms with Crippen molar-refractivity contribution in [1.29, 1.82) is 0 Å². The standard InChI is InChI=1S/C15H21FN2O2/c1-15(14(17)19,18-10-13-3-2-8-20-13)9-11-4-6-12(16)7-5-11/h4-7,13,18H,2-3,8-10H2,1H3,(H2,17,19). The van der Waals surface area contributed by atoms with Crippen LogP contribution in [0.1, 0.15) is 25.3 Å². The third-order valence-electron chi connectivity index (χ3n) is 3.76. The molecule has 1 aromatic rings. The van der Waals surface area contributed by atoms with Crippen molar-refractivity contribution in [3.05, 3.63) is 35.6 Å². The van der Waals surface area contributed by atoms with E-state index in [4.69, 9.17) is 10.5 Å². The predicted molar refractivity (Wildman–Crippen MR) is 74.7 cm³/mol. The van der Waals surface area contributed by atoms with Crippen LogP contribution in [-0.4, -0.2) is 30.7 Å². The summed E-state index contributed by atoms with van der Waals surface area (Å²) in [5.74, 6) is -0.707. The number of rotatable bonds is 6. The summed E-state index contributed by atoms with van der Waals surface area (Å²) in [6.45, 7) is 3.14. The molecule has 0 saturated carbocycles. The van der Waals surface area contributed by atoms with Gasteiger partial charge in [-0.25, -0.2) is 4.39 Å². The number of amides is 1. The van der Waals surface area contributed by atoms with Gasteiger partial charge in [-0.1, -0.05) is 12.1 Å². The average molecular weight is 280 g/mol. The monoisotopic (exact) mass is 280 g/mol. The summed E-state index contributed by atoms with van der Waals surface area (Å²) in [6, 6.07) is 6.11. The van der Waals surface area contributed by atoms with E-state index < -0.39 is 11.4 Å². The number of nitrogens with one attached hydrogen (secondary N) is 1. The minimum atomic E-state index is -0.857. The Balaban J connectivity index is 2.00. The Kier molecular flexibility index (Phi) is 4.73. The molecule has 0 spiro atoms. The van der Waals surface area contributed by atoms with Crippen molar-refractivity contribution in [2.24, 2.45) is 5.73 Å². The highest BCUT2D eigenvalue weighted by Crippen LogP contribution is 2.16. The number of carbonyl (C=O) groups excluding carboxylic acids is 1. The zero-order valence-electron chi connectivity index (χ0n) is 11.7. The lowest BCUT2D eigenvalue weighted by Gasteiger charge is -2.29. The number of ether oxygens (including phenoxy) is 1.